The molecule has 20 heavy (non-hydrogen) atoms. The van der Waals surface area contributed by atoms with Crippen molar-refractivity contribution in [2.45, 2.75) is 19.1 Å². The summed E-state index contributed by atoms with van der Waals surface area (Å²) in [5.74, 6) is 0.391. The third-order valence-corrected chi connectivity index (χ3v) is 2.70. The molecule has 0 saturated heterocycles. The maximum atomic E-state index is 11.3. The summed E-state index contributed by atoms with van der Waals surface area (Å²) >= 11 is 0. The number of hydrogen-bond donors (Lipinski definition) is 3. The Labute approximate surface area is 118 Å². The standard InChI is InChI=1S/C14H19N3O3/c1-10(14(19)16-2)17-8-12(18)9-20-13-5-3-4-11(6-13)7-15/h3-6,10,12,17-18H,8-9H2,1-2H3,(H,16,19). The van der Waals surface area contributed by atoms with Crippen molar-refractivity contribution in [2.75, 3.05) is 20.2 Å². The van der Waals surface area contributed by atoms with Crippen LogP contribution in [0.2, 0.25) is 0 Å². The van der Waals surface area contributed by atoms with Gasteiger partial charge in [0.2, 0.25) is 5.91 Å². The molecule has 0 heterocycles. The second-order valence-corrected chi connectivity index (χ2v) is 4.35. The zero-order valence-electron chi connectivity index (χ0n) is 11.6. The minimum absolute atomic E-state index is 0.0857. The molecular weight excluding hydrogens is 258 g/mol. The molecule has 0 fully saturated rings. The molecule has 1 aromatic rings. The number of nitrogens with one attached hydrogen (secondary N) is 2. The smallest absolute Gasteiger partial charge is 0.236 e. The minimum atomic E-state index is -0.743. The Balaban J connectivity index is 2.34. The van der Waals surface area contributed by atoms with Crippen LogP contribution in [0, 0.1) is 11.3 Å². The summed E-state index contributed by atoms with van der Waals surface area (Å²) in [6.45, 7) is 2.04. The van der Waals surface area contributed by atoms with E-state index >= 15 is 0 Å². The van der Waals surface area contributed by atoms with Gasteiger partial charge in [-0.25, -0.2) is 0 Å². The van der Waals surface area contributed by atoms with Gasteiger partial charge in [0.15, 0.2) is 0 Å². The van der Waals surface area contributed by atoms with E-state index in [1.807, 2.05) is 6.07 Å². The van der Waals surface area contributed by atoms with Gasteiger partial charge in [-0.15, -0.1) is 0 Å². The molecule has 6 heteroatoms. The summed E-state index contributed by atoms with van der Waals surface area (Å²) in [5, 5.41) is 23.9. The van der Waals surface area contributed by atoms with Crippen LogP contribution in [0.4, 0.5) is 0 Å². The van der Waals surface area contributed by atoms with E-state index in [0.717, 1.165) is 0 Å². The van der Waals surface area contributed by atoms with Crippen LogP contribution in [0.3, 0.4) is 0 Å². The highest BCUT2D eigenvalue weighted by molar-refractivity contribution is 5.80. The number of amides is 1. The van der Waals surface area contributed by atoms with Gasteiger partial charge in [0.25, 0.3) is 0 Å². The molecule has 3 N–H and O–H groups in total. The molecule has 108 valence electrons. The topological polar surface area (TPSA) is 94.4 Å². The predicted octanol–water partition coefficient (Wildman–Crippen LogP) is 0.0221. The second kappa shape index (κ2) is 8.15. The van der Waals surface area contributed by atoms with Gasteiger partial charge >= 0.3 is 0 Å². The van der Waals surface area contributed by atoms with Crippen LogP contribution in [0.15, 0.2) is 24.3 Å². The number of carbonyl (C=O) groups is 1. The van der Waals surface area contributed by atoms with E-state index in [1.54, 1.807) is 38.2 Å². The highest BCUT2D eigenvalue weighted by Gasteiger charge is 2.12. The van der Waals surface area contributed by atoms with Gasteiger partial charge in [0.05, 0.1) is 17.7 Å². The number of aliphatic hydroxyl groups is 1. The Kier molecular flexibility index (Phi) is 6.50. The largest absolute Gasteiger partial charge is 0.491 e. The summed E-state index contributed by atoms with van der Waals surface area (Å²) < 4.78 is 5.39. The van der Waals surface area contributed by atoms with Crippen molar-refractivity contribution >= 4 is 5.91 Å². The molecule has 1 amide bonds. The molecule has 0 aliphatic rings. The summed E-state index contributed by atoms with van der Waals surface area (Å²) in [7, 11) is 1.56. The molecule has 0 radical (unpaired) electrons. The molecule has 0 aromatic heterocycles. The van der Waals surface area contributed by atoms with E-state index in [0.29, 0.717) is 11.3 Å². The first-order chi connectivity index (χ1) is 9.56. The Morgan fingerprint density at radius 1 is 1.55 bits per heavy atom. The molecule has 0 aliphatic heterocycles. The maximum Gasteiger partial charge on any atom is 0.236 e. The van der Waals surface area contributed by atoms with Crippen molar-refractivity contribution in [3.05, 3.63) is 29.8 Å². The number of hydrogen-bond acceptors (Lipinski definition) is 5. The lowest BCUT2D eigenvalue weighted by atomic mass is 10.2. The summed E-state index contributed by atoms with van der Waals surface area (Å²) in [4.78, 5) is 11.3. The molecule has 0 bridgehead atoms. The van der Waals surface area contributed by atoms with E-state index in [2.05, 4.69) is 10.6 Å². The number of benzene rings is 1. The van der Waals surface area contributed by atoms with Gasteiger partial charge in [-0.2, -0.15) is 5.26 Å². The number of likely N-dealkylation sites (N-methyl/N-ethyl adjacent to an activating group) is 1. The van der Waals surface area contributed by atoms with Crippen LogP contribution in [-0.2, 0) is 4.79 Å². The molecule has 1 aromatic carbocycles. The second-order valence-electron chi connectivity index (χ2n) is 4.35. The lowest BCUT2D eigenvalue weighted by Gasteiger charge is -2.16. The van der Waals surface area contributed by atoms with Gasteiger partial charge in [-0.3, -0.25) is 4.79 Å². The summed E-state index contributed by atoms with van der Waals surface area (Å²) in [5.41, 5.74) is 0.503. The van der Waals surface area contributed by atoms with Crippen molar-refractivity contribution in [3.63, 3.8) is 0 Å². The van der Waals surface area contributed by atoms with Crippen LogP contribution in [-0.4, -0.2) is 43.4 Å². The molecule has 2 atom stereocenters. The van der Waals surface area contributed by atoms with E-state index in [9.17, 15) is 9.90 Å². The average Bonchev–Trinajstić information content (AvgIpc) is 2.49. The van der Waals surface area contributed by atoms with Crippen LogP contribution in [0.25, 0.3) is 0 Å². The molecule has 0 spiro atoms. The lowest BCUT2D eigenvalue weighted by Crippen LogP contribution is -2.44. The number of nitriles is 1. The molecular formula is C14H19N3O3. The van der Waals surface area contributed by atoms with E-state index in [1.165, 1.54) is 0 Å². The van der Waals surface area contributed by atoms with Gasteiger partial charge in [-0.1, -0.05) is 6.07 Å². The monoisotopic (exact) mass is 277 g/mol. The van der Waals surface area contributed by atoms with Crippen molar-refractivity contribution < 1.29 is 14.6 Å². The minimum Gasteiger partial charge on any atom is -0.491 e. The normalized spacial score (nSPS) is 13.1. The third kappa shape index (κ3) is 5.26. The zero-order valence-corrected chi connectivity index (χ0v) is 11.6. The van der Waals surface area contributed by atoms with Crippen molar-refractivity contribution in [1.82, 2.24) is 10.6 Å². The van der Waals surface area contributed by atoms with E-state index < -0.39 is 6.10 Å². The first kappa shape index (κ1) is 16.0. The number of carbonyl (C=O) groups excluding carboxylic acids is 1. The summed E-state index contributed by atoms with van der Waals surface area (Å²) in [6, 6.07) is 8.35. The highest BCUT2D eigenvalue weighted by atomic mass is 16.5. The fourth-order valence-corrected chi connectivity index (χ4v) is 1.53. The molecule has 2 unspecified atom stereocenters. The Morgan fingerprint density at radius 2 is 2.30 bits per heavy atom. The van der Waals surface area contributed by atoms with Crippen LogP contribution in [0.5, 0.6) is 5.75 Å². The number of aliphatic hydroxyl groups excluding tert-OH is 1. The van der Waals surface area contributed by atoms with Crippen LogP contribution < -0.4 is 15.4 Å². The molecule has 0 saturated carbocycles. The Bertz CT molecular complexity index is 485. The zero-order chi connectivity index (χ0) is 15.0. The van der Waals surface area contributed by atoms with Gasteiger partial charge in [0.1, 0.15) is 18.5 Å². The highest BCUT2D eigenvalue weighted by Crippen LogP contribution is 2.12. The Morgan fingerprint density at radius 3 is 2.95 bits per heavy atom. The predicted molar refractivity (Wildman–Crippen MR) is 74.2 cm³/mol. The van der Waals surface area contributed by atoms with E-state index in [-0.39, 0.29) is 25.1 Å². The molecule has 1 rings (SSSR count). The Hall–Kier alpha value is -2.10. The fourth-order valence-electron chi connectivity index (χ4n) is 1.53. The maximum absolute atomic E-state index is 11.3. The fraction of sp³-hybridized carbons (Fsp3) is 0.429. The third-order valence-electron chi connectivity index (χ3n) is 2.70. The number of nitrogens with zero attached hydrogens (tertiary/aromatic N) is 1. The number of rotatable bonds is 7. The van der Waals surface area contributed by atoms with Crippen LogP contribution >= 0.6 is 0 Å². The van der Waals surface area contributed by atoms with Crippen molar-refractivity contribution in [1.29, 1.82) is 5.26 Å². The van der Waals surface area contributed by atoms with Crippen LogP contribution in [0.1, 0.15) is 12.5 Å². The van der Waals surface area contributed by atoms with Gasteiger partial charge < -0.3 is 20.5 Å². The number of ether oxygens (including phenoxy) is 1. The average molecular weight is 277 g/mol. The summed E-state index contributed by atoms with van der Waals surface area (Å²) in [6.07, 6.45) is -0.743. The first-order valence-electron chi connectivity index (χ1n) is 6.32. The quantitative estimate of drug-likeness (QED) is 0.653. The van der Waals surface area contributed by atoms with Gasteiger partial charge in [0, 0.05) is 13.6 Å². The molecule has 6 nitrogen and oxygen atoms in total. The van der Waals surface area contributed by atoms with Crippen molar-refractivity contribution in [3.8, 4) is 11.8 Å². The lowest BCUT2D eigenvalue weighted by molar-refractivity contribution is -0.122. The first-order valence-corrected chi connectivity index (χ1v) is 6.32. The van der Waals surface area contributed by atoms with Gasteiger partial charge in [-0.05, 0) is 25.1 Å². The van der Waals surface area contributed by atoms with Crippen molar-refractivity contribution in [2.24, 2.45) is 0 Å². The molecule has 0 aliphatic carbocycles. The SMILES string of the molecule is CNC(=O)C(C)NCC(O)COc1cccc(C#N)c1. The van der Waals surface area contributed by atoms with E-state index in [4.69, 9.17) is 10.00 Å².